The molecule has 8 nitrogen and oxygen atoms in total. The van der Waals surface area contributed by atoms with E-state index < -0.39 is 39.3 Å². The second kappa shape index (κ2) is 8.37. The summed E-state index contributed by atoms with van der Waals surface area (Å²) in [6.07, 6.45) is -4.57. The molecule has 0 saturated heterocycles. The molecule has 2 aromatic rings. The van der Waals surface area contributed by atoms with Gasteiger partial charge in [-0.1, -0.05) is 0 Å². The molecule has 1 aromatic heterocycles. The molecule has 2 rings (SSSR count). The fourth-order valence-corrected chi connectivity index (χ4v) is 3.57. The summed E-state index contributed by atoms with van der Waals surface area (Å²) in [4.78, 5) is 12.3. The van der Waals surface area contributed by atoms with Gasteiger partial charge in [-0.25, -0.2) is 13.1 Å². The van der Waals surface area contributed by atoms with Gasteiger partial charge in [0.1, 0.15) is 11.8 Å². The average Bonchev–Trinajstić information content (AvgIpc) is 3.09. The first-order chi connectivity index (χ1) is 13.7. The largest absolute Gasteiger partial charge is 0.483 e. The van der Waals surface area contributed by atoms with E-state index in [2.05, 4.69) is 14.8 Å². The van der Waals surface area contributed by atoms with E-state index >= 15 is 0 Å². The summed E-state index contributed by atoms with van der Waals surface area (Å²) in [6, 6.07) is 7.38. The van der Waals surface area contributed by atoms with E-state index in [0.29, 0.717) is 0 Å². The van der Waals surface area contributed by atoms with Crippen LogP contribution in [0.1, 0.15) is 36.9 Å². The van der Waals surface area contributed by atoms with Gasteiger partial charge in [0.15, 0.2) is 12.4 Å². The monoisotopic (exact) mass is 445 g/mol. The summed E-state index contributed by atoms with van der Waals surface area (Å²) in [7, 11) is -3.99. The quantitative estimate of drug-likeness (QED) is 0.703. The SMILES string of the molecule is CC(C)(C)NS(=O)(=O)c1ccc(C(=O)Nc2ccc(OCC(F)(F)F)c(C#N)c2)o1. The van der Waals surface area contributed by atoms with Crippen molar-refractivity contribution in [3.05, 3.63) is 41.7 Å². The van der Waals surface area contributed by atoms with Crippen LogP contribution >= 0.6 is 0 Å². The van der Waals surface area contributed by atoms with Crippen molar-refractivity contribution in [1.82, 2.24) is 4.72 Å². The molecule has 0 fully saturated rings. The molecule has 0 aliphatic rings. The van der Waals surface area contributed by atoms with Crippen molar-refractivity contribution >= 4 is 21.6 Å². The zero-order valence-electron chi connectivity index (χ0n) is 16.1. The van der Waals surface area contributed by atoms with Gasteiger partial charge in [0.05, 0.1) is 5.56 Å². The van der Waals surface area contributed by atoms with Gasteiger partial charge < -0.3 is 14.5 Å². The van der Waals surface area contributed by atoms with Gasteiger partial charge in [-0.2, -0.15) is 18.4 Å². The van der Waals surface area contributed by atoms with Crippen LogP contribution in [0.4, 0.5) is 18.9 Å². The maximum Gasteiger partial charge on any atom is 0.422 e. The van der Waals surface area contributed by atoms with Gasteiger partial charge in [-0.05, 0) is 51.1 Å². The number of carbonyl (C=O) groups is 1. The third-order valence-corrected chi connectivity index (χ3v) is 4.89. The summed E-state index contributed by atoms with van der Waals surface area (Å²) in [5.74, 6) is -1.44. The van der Waals surface area contributed by atoms with E-state index in [0.717, 1.165) is 24.3 Å². The first-order valence-electron chi connectivity index (χ1n) is 8.39. The van der Waals surface area contributed by atoms with Gasteiger partial charge >= 0.3 is 6.18 Å². The normalized spacial score (nSPS) is 12.3. The Kier molecular flexibility index (Phi) is 6.48. The number of nitrogens with one attached hydrogen (secondary N) is 2. The smallest absolute Gasteiger partial charge is 0.422 e. The molecule has 0 bridgehead atoms. The lowest BCUT2D eigenvalue weighted by atomic mass is 10.1. The minimum Gasteiger partial charge on any atom is -0.483 e. The van der Waals surface area contributed by atoms with Crippen LogP contribution in [-0.2, 0) is 10.0 Å². The third kappa shape index (κ3) is 6.50. The maximum atomic E-state index is 12.3. The Morgan fingerprint density at radius 1 is 1.20 bits per heavy atom. The Morgan fingerprint density at radius 3 is 2.43 bits per heavy atom. The molecule has 0 aliphatic heterocycles. The van der Waals surface area contributed by atoms with Crippen LogP contribution < -0.4 is 14.8 Å². The Hall–Kier alpha value is -3.04. The Bertz CT molecular complexity index is 1080. The molecule has 2 N–H and O–H groups in total. The summed E-state index contributed by atoms with van der Waals surface area (Å²) >= 11 is 0. The highest BCUT2D eigenvalue weighted by Crippen LogP contribution is 2.25. The van der Waals surface area contributed by atoms with Crippen LogP contribution in [0.2, 0.25) is 0 Å². The van der Waals surface area contributed by atoms with E-state index in [1.165, 1.54) is 6.07 Å². The Balaban J connectivity index is 2.15. The lowest BCUT2D eigenvalue weighted by molar-refractivity contribution is -0.153. The molecular weight excluding hydrogens is 427 g/mol. The van der Waals surface area contributed by atoms with E-state index in [9.17, 15) is 26.4 Å². The highest BCUT2D eigenvalue weighted by molar-refractivity contribution is 7.89. The summed E-state index contributed by atoms with van der Waals surface area (Å²) < 4.78 is 73.3. The number of nitrogens with zero attached hydrogens (tertiary/aromatic N) is 1. The molecule has 0 unspecified atom stereocenters. The summed E-state index contributed by atoms with van der Waals surface area (Å²) in [5.41, 5.74) is -0.920. The number of rotatable bonds is 6. The summed E-state index contributed by atoms with van der Waals surface area (Å²) in [6.45, 7) is 3.33. The second-order valence-corrected chi connectivity index (χ2v) is 8.77. The lowest BCUT2D eigenvalue weighted by Crippen LogP contribution is -2.40. The Labute approximate surface area is 170 Å². The van der Waals surface area contributed by atoms with Crippen LogP contribution in [0, 0.1) is 11.3 Å². The molecule has 0 spiro atoms. The first-order valence-corrected chi connectivity index (χ1v) is 9.87. The maximum absolute atomic E-state index is 12.3. The Morgan fingerprint density at radius 2 is 1.87 bits per heavy atom. The molecule has 0 saturated carbocycles. The molecule has 0 atom stereocenters. The van der Waals surface area contributed by atoms with Crippen molar-refractivity contribution in [3.63, 3.8) is 0 Å². The molecule has 162 valence electrons. The van der Waals surface area contributed by atoms with Crippen LogP contribution in [0.3, 0.4) is 0 Å². The molecular formula is C18H18F3N3O5S. The predicted molar refractivity (Wildman–Crippen MR) is 99.4 cm³/mol. The number of alkyl halides is 3. The van der Waals surface area contributed by atoms with Crippen molar-refractivity contribution in [3.8, 4) is 11.8 Å². The van der Waals surface area contributed by atoms with Gasteiger partial charge in [-0.15, -0.1) is 0 Å². The number of furan rings is 1. The number of benzene rings is 1. The molecule has 0 aliphatic carbocycles. The standard InChI is InChI=1S/C18H18F3N3O5S/c1-17(2,3)24-30(26,27)15-7-6-14(29-15)16(25)23-12-4-5-13(11(8-12)9-22)28-10-18(19,20)21/h4-8,24H,10H2,1-3H3,(H,23,25). The number of ether oxygens (including phenoxy) is 1. The van der Waals surface area contributed by atoms with Crippen molar-refractivity contribution in [2.75, 3.05) is 11.9 Å². The number of halogens is 3. The van der Waals surface area contributed by atoms with Crippen molar-refractivity contribution in [1.29, 1.82) is 5.26 Å². The van der Waals surface area contributed by atoms with Crippen LogP contribution in [0.25, 0.3) is 0 Å². The van der Waals surface area contributed by atoms with E-state index in [1.807, 2.05) is 0 Å². The lowest BCUT2D eigenvalue weighted by Gasteiger charge is -2.18. The highest BCUT2D eigenvalue weighted by Gasteiger charge is 2.29. The number of hydrogen-bond acceptors (Lipinski definition) is 6. The number of nitriles is 1. The van der Waals surface area contributed by atoms with Crippen molar-refractivity contribution in [2.45, 2.75) is 37.6 Å². The topological polar surface area (TPSA) is 121 Å². The van der Waals surface area contributed by atoms with E-state index in [-0.39, 0.29) is 22.8 Å². The zero-order valence-corrected chi connectivity index (χ0v) is 16.9. The molecule has 1 amide bonds. The minimum absolute atomic E-state index is 0.0736. The summed E-state index contributed by atoms with van der Waals surface area (Å²) in [5, 5.41) is 11.0. The number of hydrogen-bond donors (Lipinski definition) is 2. The van der Waals surface area contributed by atoms with Crippen LogP contribution in [0.15, 0.2) is 39.8 Å². The number of anilines is 1. The predicted octanol–water partition coefficient (Wildman–Crippen LogP) is 3.42. The third-order valence-electron chi connectivity index (χ3n) is 3.26. The number of amides is 1. The minimum atomic E-state index is -4.57. The van der Waals surface area contributed by atoms with Crippen molar-refractivity contribution in [2.24, 2.45) is 0 Å². The molecule has 12 heteroatoms. The molecule has 1 heterocycles. The van der Waals surface area contributed by atoms with Gasteiger partial charge in [0, 0.05) is 11.2 Å². The van der Waals surface area contributed by atoms with Gasteiger partial charge in [0.25, 0.3) is 15.9 Å². The average molecular weight is 445 g/mol. The highest BCUT2D eigenvalue weighted by atomic mass is 32.2. The van der Waals surface area contributed by atoms with Gasteiger partial charge in [-0.3, -0.25) is 4.79 Å². The van der Waals surface area contributed by atoms with Crippen molar-refractivity contribution < 1.29 is 35.5 Å². The zero-order chi connectivity index (χ0) is 22.7. The molecule has 1 aromatic carbocycles. The van der Waals surface area contributed by atoms with E-state index in [4.69, 9.17) is 9.68 Å². The second-order valence-electron chi connectivity index (χ2n) is 7.15. The van der Waals surface area contributed by atoms with E-state index in [1.54, 1.807) is 26.8 Å². The first kappa shape index (κ1) is 23.2. The molecule has 0 radical (unpaired) electrons. The molecule has 30 heavy (non-hydrogen) atoms. The fraction of sp³-hybridized carbons (Fsp3) is 0.333. The number of carbonyl (C=O) groups excluding carboxylic acids is 1. The number of sulfonamides is 1. The van der Waals surface area contributed by atoms with Crippen LogP contribution in [-0.4, -0.2) is 32.6 Å². The van der Waals surface area contributed by atoms with Crippen LogP contribution in [0.5, 0.6) is 5.75 Å². The fourth-order valence-electron chi connectivity index (χ4n) is 2.21. The van der Waals surface area contributed by atoms with Gasteiger partial charge in [0.2, 0.25) is 5.09 Å².